The molecule has 0 saturated heterocycles. The molecule has 41 valence electrons. The Morgan fingerprint density at radius 3 is 0.833 bits per heavy atom. The van der Waals surface area contributed by atoms with E-state index < -0.39 is 0 Å². The second kappa shape index (κ2) is 67.9. The van der Waals surface area contributed by atoms with Gasteiger partial charge in [-0.15, -0.1) is 0 Å². The third-order valence-corrected chi connectivity index (χ3v) is 0. The van der Waals surface area contributed by atoms with Crippen molar-refractivity contribution in [3.63, 3.8) is 0 Å². The number of hydrogen-bond acceptors (Lipinski definition) is 0. The number of rotatable bonds is 0. The standard InChI is InChI=1S/Co.Cr.2O.Pt.Si/q;;2*-2;+4;. The van der Waals surface area contributed by atoms with Gasteiger partial charge in [-0.3, -0.25) is 0 Å². The maximum Gasteiger partial charge on any atom is 4.00 e. The van der Waals surface area contributed by atoms with E-state index in [0.29, 0.717) is 0 Å². The summed E-state index contributed by atoms with van der Waals surface area (Å²) in [5.41, 5.74) is 0. The Morgan fingerprint density at radius 2 is 0.833 bits per heavy atom. The molecule has 0 aliphatic carbocycles. The van der Waals surface area contributed by atoms with Crippen LogP contribution in [0.5, 0.6) is 0 Å². The molecule has 5 radical (unpaired) electrons. The molecule has 0 aliphatic heterocycles. The van der Waals surface area contributed by atoms with E-state index in [1.54, 1.807) is 0 Å². The van der Waals surface area contributed by atoms with Gasteiger partial charge in [-0.1, -0.05) is 0 Å². The summed E-state index contributed by atoms with van der Waals surface area (Å²) in [5, 5.41) is 0. The zero-order valence-corrected chi connectivity index (χ0v) is 7.96. The van der Waals surface area contributed by atoms with Crippen molar-refractivity contribution >= 4 is 11.0 Å². The SMILES string of the molecule is [Co].[Cr].[O-2].[O-2].[Pt+4].[Si]. The van der Waals surface area contributed by atoms with Crippen LogP contribution in [0.15, 0.2) is 0 Å². The normalized spacial score (nSPS) is 0. The predicted molar refractivity (Wildman–Crippen MR) is 7.13 cm³/mol. The van der Waals surface area contributed by atoms with Gasteiger partial charge in [0.25, 0.3) is 0 Å². The van der Waals surface area contributed by atoms with Crippen molar-refractivity contribution in [3.8, 4) is 0 Å². The maximum absolute atomic E-state index is 0. The molecule has 0 heterocycles. The van der Waals surface area contributed by atoms with Gasteiger partial charge in [0.2, 0.25) is 0 Å². The van der Waals surface area contributed by atoms with Crippen LogP contribution in [0.1, 0.15) is 0 Å². The summed E-state index contributed by atoms with van der Waals surface area (Å²) in [6.07, 6.45) is 0. The molecule has 0 N–H and O–H groups in total. The third-order valence-electron chi connectivity index (χ3n) is 0. The molecule has 0 aromatic carbocycles. The Balaban J connectivity index is 0. The fraction of sp³-hybridized carbons (Fsp3) is 0. The van der Waals surface area contributed by atoms with Gasteiger partial charge < -0.3 is 11.0 Å². The van der Waals surface area contributed by atoms with Crippen molar-refractivity contribution in [2.24, 2.45) is 0 Å². The van der Waals surface area contributed by atoms with Crippen molar-refractivity contribution in [1.82, 2.24) is 0 Å². The smallest absolute Gasteiger partial charge is 2.00 e. The Hall–Kier alpha value is 1.86. The molecule has 0 aromatic heterocycles. The first-order chi connectivity index (χ1) is 0. The van der Waals surface area contributed by atoms with Crippen LogP contribution in [0.25, 0.3) is 0 Å². The molecule has 0 atom stereocenters. The minimum atomic E-state index is 0. The largest absolute Gasteiger partial charge is 4.00 e. The monoisotopic (exact) mass is 366 g/mol. The van der Waals surface area contributed by atoms with E-state index in [4.69, 9.17) is 0 Å². The van der Waals surface area contributed by atoms with Crippen molar-refractivity contribution in [2.45, 2.75) is 0 Å². The van der Waals surface area contributed by atoms with Gasteiger partial charge in [-0.25, -0.2) is 0 Å². The molecule has 0 aromatic rings. The van der Waals surface area contributed by atoms with Crippen LogP contribution in [0, 0.1) is 0 Å². The molecule has 0 spiro atoms. The Morgan fingerprint density at radius 1 is 0.833 bits per heavy atom. The van der Waals surface area contributed by atoms with Crippen LogP contribution >= 0.6 is 0 Å². The minimum absolute atomic E-state index is 0. The second-order valence-corrected chi connectivity index (χ2v) is 0. The van der Waals surface area contributed by atoms with Gasteiger partial charge in [-0.05, 0) is 0 Å². The predicted octanol–water partition coefficient (Wildman–Crippen LogP) is -0.626. The van der Waals surface area contributed by atoms with E-state index >= 15 is 0 Å². The molecule has 0 bridgehead atoms. The molecule has 0 saturated carbocycles. The molecule has 6 heteroatoms. The molecular weight excluding hydrogens is 366 g/mol. The fourth-order valence-electron chi connectivity index (χ4n) is 0. The van der Waals surface area contributed by atoms with E-state index in [1.165, 1.54) is 0 Å². The fourth-order valence-corrected chi connectivity index (χ4v) is 0. The summed E-state index contributed by atoms with van der Waals surface area (Å²) < 4.78 is 0. The average molecular weight is 366 g/mol. The molecule has 2 nitrogen and oxygen atoms in total. The summed E-state index contributed by atoms with van der Waals surface area (Å²) in [4.78, 5) is 0. The van der Waals surface area contributed by atoms with Crippen molar-refractivity contribution in [3.05, 3.63) is 0 Å². The molecule has 0 rings (SSSR count). The molecular formula is CoCrO2PtSi. The summed E-state index contributed by atoms with van der Waals surface area (Å²) in [6, 6.07) is 0. The maximum atomic E-state index is 0. The Labute approximate surface area is 76.7 Å². The van der Waals surface area contributed by atoms with Crippen LogP contribution in [-0.2, 0) is 66.2 Å². The van der Waals surface area contributed by atoms with E-state index in [2.05, 4.69) is 0 Å². The summed E-state index contributed by atoms with van der Waals surface area (Å²) in [7, 11) is 0. The van der Waals surface area contributed by atoms with Gasteiger partial charge in [0.05, 0.1) is 0 Å². The summed E-state index contributed by atoms with van der Waals surface area (Å²) in [6.45, 7) is 0. The van der Waals surface area contributed by atoms with Crippen LogP contribution in [-0.4, -0.2) is 11.0 Å². The van der Waals surface area contributed by atoms with Crippen LogP contribution in [0.2, 0.25) is 0 Å². The van der Waals surface area contributed by atoms with Crippen molar-refractivity contribution in [2.75, 3.05) is 0 Å². The third kappa shape index (κ3) is 39.9. The molecule has 0 amide bonds. The first kappa shape index (κ1) is 107. The van der Waals surface area contributed by atoms with Gasteiger partial charge >= 0.3 is 21.1 Å². The van der Waals surface area contributed by atoms with Crippen molar-refractivity contribution < 1.29 is 66.2 Å². The average Bonchev–Trinajstić information content (AvgIpc) is 0. The van der Waals surface area contributed by atoms with Crippen LogP contribution in [0.4, 0.5) is 0 Å². The number of hydrogen-bond donors (Lipinski definition) is 0. The topological polar surface area (TPSA) is 57.0 Å². The van der Waals surface area contributed by atoms with E-state index in [0.717, 1.165) is 0 Å². The quantitative estimate of drug-likeness (QED) is 0.513. The second-order valence-electron chi connectivity index (χ2n) is 0. The van der Waals surface area contributed by atoms with E-state index in [9.17, 15) is 0 Å². The van der Waals surface area contributed by atoms with E-state index in [-0.39, 0.29) is 77.1 Å². The van der Waals surface area contributed by atoms with E-state index in [1.807, 2.05) is 0 Å². The Bertz CT molecular complexity index is 13.5. The van der Waals surface area contributed by atoms with Gasteiger partial charge in [0, 0.05) is 45.1 Å². The molecule has 0 fully saturated rings. The summed E-state index contributed by atoms with van der Waals surface area (Å²) in [5.74, 6) is 0. The molecule has 6 heavy (non-hydrogen) atoms. The summed E-state index contributed by atoms with van der Waals surface area (Å²) >= 11 is 0. The van der Waals surface area contributed by atoms with Gasteiger partial charge in [0.15, 0.2) is 0 Å². The first-order valence-corrected chi connectivity index (χ1v) is 0. The van der Waals surface area contributed by atoms with Gasteiger partial charge in [-0.2, -0.15) is 0 Å². The molecule has 0 unspecified atom stereocenters. The minimum Gasteiger partial charge on any atom is -2.00 e. The van der Waals surface area contributed by atoms with Crippen LogP contribution in [0.3, 0.4) is 0 Å². The molecule has 0 aliphatic rings. The van der Waals surface area contributed by atoms with Crippen LogP contribution < -0.4 is 0 Å². The van der Waals surface area contributed by atoms with Gasteiger partial charge in [0.1, 0.15) is 0 Å². The Kier molecular flexibility index (Phi) is 1210. The zero-order valence-electron chi connectivity index (χ0n) is 2.37. The first-order valence-electron chi connectivity index (χ1n) is 0. The van der Waals surface area contributed by atoms with Crippen molar-refractivity contribution in [1.29, 1.82) is 0 Å². The zero-order chi connectivity index (χ0) is 0.